The van der Waals surface area contributed by atoms with Crippen molar-refractivity contribution in [3.63, 3.8) is 0 Å². The summed E-state index contributed by atoms with van der Waals surface area (Å²) in [4.78, 5) is 14.3. The van der Waals surface area contributed by atoms with Crippen LogP contribution in [0.1, 0.15) is 23.2 Å². The molecule has 1 saturated heterocycles. The smallest absolute Gasteiger partial charge is 0.164 e. The van der Waals surface area contributed by atoms with Crippen LogP contribution in [0.3, 0.4) is 0 Å². The number of hydrogen-bond donors (Lipinski definition) is 0. The molecule has 0 aliphatic carbocycles. The number of carbonyl (C=O) groups excluding carboxylic acids is 1. The Kier molecular flexibility index (Phi) is 5.17. The second-order valence-electron chi connectivity index (χ2n) is 4.49. The molecule has 0 radical (unpaired) electrons. The van der Waals surface area contributed by atoms with E-state index >= 15 is 0 Å². The van der Waals surface area contributed by atoms with E-state index in [1.54, 1.807) is 24.3 Å². The molecule has 3 nitrogen and oxygen atoms in total. The van der Waals surface area contributed by atoms with E-state index in [0.717, 1.165) is 44.8 Å². The minimum absolute atomic E-state index is 0.178. The lowest BCUT2D eigenvalue weighted by atomic mass is 10.1. The van der Waals surface area contributed by atoms with E-state index in [-0.39, 0.29) is 5.78 Å². The Morgan fingerprint density at radius 1 is 1.22 bits per heavy atom. The summed E-state index contributed by atoms with van der Waals surface area (Å²) in [5.74, 6) is 0.178. The summed E-state index contributed by atoms with van der Waals surface area (Å²) in [6.07, 6.45) is 1.61. The highest BCUT2D eigenvalue weighted by molar-refractivity contribution is 6.30. The van der Waals surface area contributed by atoms with Gasteiger partial charge in [-0.05, 0) is 30.7 Å². The topological polar surface area (TPSA) is 29.5 Å². The first-order chi connectivity index (χ1) is 8.75. The van der Waals surface area contributed by atoms with Gasteiger partial charge in [0.25, 0.3) is 0 Å². The normalized spacial score (nSPS) is 17.4. The molecule has 0 aromatic heterocycles. The fourth-order valence-electron chi connectivity index (χ4n) is 2.06. The lowest BCUT2D eigenvalue weighted by molar-refractivity contribution is 0.0960. The summed E-state index contributed by atoms with van der Waals surface area (Å²) in [6, 6.07) is 7.09. The molecule has 1 aliphatic heterocycles. The molecule has 0 amide bonds. The van der Waals surface area contributed by atoms with Crippen LogP contribution in [0.4, 0.5) is 0 Å². The van der Waals surface area contributed by atoms with Crippen molar-refractivity contribution in [2.24, 2.45) is 0 Å². The third kappa shape index (κ3) is 4.09. The fraction of sp³-hybridized carbons (Fsp3) is 0.500. The Balaban J connectivity index is 1.82. The van der Waals surface area contributed by atoms with E-state index in [1.807, 2.05) is 0 Å². The predicted octanol–water partition coefficient (Wildman–Crippen LogP) is 2.64. The van der Waals surface area contributed by atoms with Crippen LogP contribution in [0, 0.1) is 0 Å². The number of hydrogen-bond acceptors (Lipinski definition) is 3. The van der Waals surface area contributed by atoms with Gasteiger partial charge < -0.3 is 9.64 Å². The van der Waals surface area contributed by atoms with E-state index in [9.17, 15) is 4.79 Å². The molecule has 1 aromatic carbocycles. The van der Waals surface area contributed by atoms with Crippen LogP contribution in [0.15, 0.2) is 24.3 Å². The molecule has 0 atom stereocenters. The van der Waals surface area contributed by atoms with Crippen molar-refractivity contribution in [3.8, 4) is 0 Å². The monoisotopic (exact) mass is 267 g/mol. The molecule has 1 aliphatic rings. The van der Waals surface area contributed by atoms with Gasteiger partial charge in [-0.25, -0.2) is 0 Å². The molecule has 1 fully saturated rings. The van der Waals surface area contributed by atoms with Crippen LogP contribution in [0.5, 0.6) is 0 Å². The second-order valence-corrected chi connectivity index (χ2v) is 4.92. The van der Waals surface area contributed by atoms with Gasteiger partial charge in [-0.15, -0.1) is 0 Å². The van der Waals surface area contributed by atoms with Crippen molar-refractivity contribution in [2.45, 2.75) is 12.8 Å². The minimum atomic E-state index is 0.178. The van der Waals surface area contributed by atoms with Crippen LogP contribution in [-0.2, 0) is 4.74 Å². The Hall–Kier alpha value is -0.900. The van der Waals surface area contributed by atoms with Crippen LogP contribution in [0.2, 0.25) is 5.02 Å². The minimum Gasteiger partial charge on any atom is -0.380 e. The maximum absolute atomic E-state index is 12.0. The zero-order chi connectivity index (χ0) is 12.8. The highest BCUT2D eigenvalue weighted by atomic mass is 35.5. The second kappa shape index (κ2) is 6.88. The molecular formula is C14H18ClNO2. The van der Waals surface area contributed by atoms with Gasteiger partial charge in [0, 0.05) is 43.2 Å². The summed E-state index contributed by atoms with van der Waals surface area (Å²) in [5.41, 5.74) is 0.741. The zero-order valence-corrected chi connectivity index (χ0v) is 11.2. The summed E-state index contributed by atoms with van der Waals surface area (Å²) < 4.78 is 5.39. The van der Waals surface area contributed by atoms with Crippen molar-refractivity contribution in [3.05, 3.63) is 34.9 Å². The number of halogens is 1. The molecule has 0 N–H and O–H groups in total. The third-order valence-electron chi connectivity index (χ3n) is 3.14. The van der Waals surface area contributed by atoms with Gasteiger partial charge in [0.15, 0.2) is 5.78 Å². The van der Waals surface area contributed by atoms with E-state index < -0.39 is 0 Å². The van der Waals surface area contributed by atoms with Gasteiger partial charge in [0.05, 0.1) is 6.61 Å². The van der Waals surface area contributed by atoms with Crippen molar-refractivity contribution in [1.82, 2.24) is 4.90 Å². The quantitative estimate of drug-likeness (QED) is 0.786. The van der Waals surface area contributed by atoms with Crippen LogP contribution >= 0.6 is 11.6 Å². The number of ether oxygens (including phenoxy) is 1. The highest BCUT2D eigenvalue weighted by Gasteiger charge is 2.12. The van der Waals surface area contributed by atoms with Crippen molar-refractivity contribution in [1.29, 1.82) is 0 Å². The summed E-state index contributed by atoms with van der Waals surface area (Å²) >= 11 is 5.80. The molecule has 1 aromatic rings. The van der Waals surface area contributed by atoms with Gasteiger partial charge in [-0.3, -0.25) is 4.79 Å². The van der Waals surface area contributed by atoms with Gasteiger partial charge in [-0.2, -0.15) is 0 Å². The van der Waals surface area contributed by atoms with E-state index in [2.05, 4.69) is 4.90 Å². The third-order valence-corrected chi connectivity index (χ3v) is 3.39. The summed E-state index contributed by atoms with van der Waals surface area (Å²) in [6.45, 7) is 4.36. The Morgan fingerprint density at radius 3 is 2.78 bits per heavy atom. The first kappa shape index (κ1) is 13.5. The average molecular weight is 268 g/mol. The first-order valence-corrected chi connectivity index (χ1v) is 6.72. The molecule has 0 saturated carbocycles. The number of benzene rings is 1. The predicted molar refractivity (Wildman–Crippen MR) is 72.3 cm³/mol. The number of rotatable bonds is 4. The Bertz CT molecular complexity index is 383. The number of Topliss-reactive ketones (excluding diaryl/α,β-unsaturated/α-hetero) is 1. The molecule has 4 heteroatoms. The molecule has 1 heterocycles. The lowest BCUT2D eigenvalue weighted by Gasteiger charge is -2.18. The maximum atomic E-state index is 12.0. The van der Waals surface area contributed by atoms with Crippen molar-refractivity contribution >= 4 is 17.4 Å². The molecule has 0 bridgehead atoms. The van der Waals surface area contributed by atoms with Crippen molar-refractivity contribution < 1.29 is 9.53 Å². The molecule has 98 valence electrons. The van der Waals surface area contributed by atoms with Crippen LogP contribution in [-0.4, -0.2) is 43.5 Å². The van der Waals surface area contributed by atoms with Gasteiger partial charge in [0.2, 0.25) is 0 Å². The molecular weight excluding hydrogens is 250 g/mol. The van der Waals surface area contributed by atoms with Gasteiger partial charge in [-0.1, -0.05) is 11.6 Å². The molecule has 0 spiro atoms. The zero-order valence-electron chi connectivity index (χ0n) is 10.4. The first-order valence-electron chi connectivity index (χ1n) is 6.34. The number of nitrogens with zero attached hydrogens (tertiary/aromatic N) is 1. The molecule has 0 unspecified atom stereocenters. The van der Waals surface area contributed by atoms with Gasteiger partial charge >= 0.3 is 0 Å². The summed E-state index contributed by atoms with van der Waals surface area (Å²) in [5, 5.41) is 0.663. The molecule has 18 heavy (non-hydrogen) atoms. The van der Waals surface area contributed by atoms with E-state index in [1.165, 1.54) is 0 Å². The largest absolute Gasteiger partial charge is 0.380 e. The highest BCUT2D eigenvalue weighted by Crippen LogP contribution is 2.11. The average Bonchev–Trinajstić information content (AvgIpc) is 2.65. The van der Waals surface area contributed by atoms with E-state index in [0.29, 0.717) is 11.4 Å². The number of carbonyl (C=O) groups is 1. The SMILES string of the molecule is O=C(CCN1CCCOCC1)c1ccc(Cl)cc1. The Labute approximate surface area is 113 Å². The van der Waals surface area contributed by atoms with Crippen LogP contribution in [0.25, 0.3) is 0 Å². The van der Waals surface area contributed by atoms with Crippen LogP contribution < -0.4 is 0 Å². The maximum Gasteiger partial charge on any atom is 0.164 e. The summed E-state index contributed by atoms with van der Waals surface area (Å²) in [7, 11) is 0. The lowest BCUT2D eigenvalue weighted by Crippen LogP contribution is -2.28. The fourth-order valence-corrected chi connectivity index (χ4v) is 2.19. The number of ketones is 1. The van der Waals surface area contributed by atoms with E-state index in [4.69, 9.17) is 16.3 Å². The standard InChI is InChI=1S/C14H18ClNO2/c15-13-4-2-12(3-5-13)14(17)6-8-16-7-1-10-18-11-9-16/h2-5H,1,6-11H2. The Morgan fingerprint density at radius 2 is 2.00 bits per heavy atom. The molecule has 2 rings (SSSR count). The van der Waals surface area contributed by atoms with Crippen molar-refractivity contribution in [2.75, 3.05) is 32.8 Å². The van der Waals surface area contributed by atoms with Gasteiger partial charge in [0.1, 0.15) is 0 Å².